The third-order valence-corrected chi connectivity index (χ3v) is 4.65. The molecular weight excluding hydrogens is 342 g/mol. The average Bonchev–Trinajstić information content (AvgIpc) is 2.89. The molecule has 0 unspecified atom stereocenters. The molecule has 3 rings (SSSR count). The zero-order chi connectivity index (χ0) is 13.2. The Morgan fingerprint density at radius 3 is 2.37 bits per heavy atom. The minimum absolute atomic E-state index is 0.732. The topological polar surface area (TPSA) is 12.9 Å². The van der Waals surface area contributed by atoms with Crippen molar-refractivity contribution in [2.45, 2.75) is 0 Å². The van der Waals surface area contributed by atoms with Crippen LogP contribution in [-0.4, -0.2) is 4.98 Å². The van der Waals surface area contributed by atoms with Crippen LogP contribution in [-0.2, 0) is 0 Å². The van der Waals surface area contributed by atoms with Crippen molar-refractivity contribution >= 4 is 38.9 Å². The van der Waals surface area contributed by atoms with Gasteiger partial charge in [-0.2, -0.15) is 0 Å². The largest absolute Gasteiger partial charge is 0.236 e. The monoisotopic (exact) mass is 349 g/mol. The van der Waals surface area contributed by atoms with Crippen molar-refractivity contribution in [3.63, 3.8) is 0 Å². The Morgan fingerprint density at radius 1 is 0.947 bits per heavy atom. The van der Waals surface area contributed by atoms with Gasteiger partial charge in [0.05, 0.1) is 10.7 Å². The first-order chi connectivity index (χ1) is 9.25. The summed E-state index contributed by atoms with van der Waals surface area (Å²) in [4.78, 5) is 4.68. The number of hydrogen-bond acceptors (Lipinski definition) is 2. The predicted octanol–water partition coefficient (Wildman–Crippen LogP) is 5.89. The van der Waals surface area contributed by atoms with E-state index in [1.165, 1.54) is 0 Å². The molecule has 1 aromatic heterocycles. The lowest BCUT2D eigenvalue weighted by atomic mass is 10.2. The van der Waals surface area contributed by atoms with Gasteiger partial charge in [0, 0.05) is 21.0 Å². The molecule has 0 spiro atoms. The molecule has 0 saturated heterocycles. The smallest absolute Gasteiger partial charge is 0.125 e. The zero-order valence-electron chi connectivity index (χ0n) is 9.81. The molecule has 3 aromatic rings. The molecule has 19 heavy (non-hydrogen) atoms. The number of halogens is 2. The lowest BCUT2D eigenvalue weighted by Gasteiger charge is -2.00. The van der Waals surface area contributed by atoms with E-state index >= 15 is 0 Å². The van der Waals surface area contributed by atoms with Gasteiger partial charge in [-0.1, -0.05) is 63.9 Å². The highest BCUT2D eigenvalue weighted by Gasteiger charge is 2.10. The van der Waals surface area contributed by atoms with Crippen molar-refractivity contribution in [3.05, 3.63) is 63.4 Å². The van der Waals surface area contributed by atoms with Crippen LogP contribution in [0, 0.1) is 0 Å². The van der Waals surface area contributed by atoms with Crippen LogP contribution in [0.3, 0.4) is 0 Å². The Labute approximate surface area is 129 Å². The minimum Gasteiger partial charge on any atom is -0.236 e. The molecule has 0 aliphatic heterocycles. The third kappa shape index (κ3) is 2.59. The zero-order valence-corrected chi connectivity index (χ0v) is 13.0. The minimum atomic E-state index is 0.732. The maximum Gasteiger partial charge on any atom is 0.125 e. The van der Waals surface area contributed by atoms with E-state index in [0.29, 0.717) is 0 Å². The van der Waals surface area contributed by atoms with Gasteiger partial charge >= 0.3 is 0 Å². The Hall–Kier alpha value is -1.16. The van der Waals surface area contributed by atoms with E-state index < -0.39 is 0 Å². The Balaban J connectivity index is 2.06. The van der Waals surface area contributed by atoms with Gasteiger partial charge in [0.25, 0.3) is 0 Å². The van der Waals surface area contributed by atoms with Crippen molar-refractivity contribution in [3.8, 4) is 21.8 Å². The Bertz CT molecular complexity index is 663. The molecule has 0 aliphatic rings. The molecule has 0 fully saturated rings. The van der Waals surface area contributed by atoms with E-state index in [-0.39, 0.29) is 0 Å². The SMILES string of the molecule is Clc1ccccc1-c1nc(-c2ccccc2Br)cs1. The van der Waals surface area contributed by atoms with Crippen molar-refractivity contribution in [2.24, 2.45) is 0 Å². The average molecular weight is 351 g/mol. The molecule has 0 N–H and O–H groups in total. The van der Waals surface area contributed by atoms with E-state index in [1.807, 2.05) is 42.5 Å². The van der Waals surface area contributed by atoms with Crippen LogP contribution in [0.5, 0.6) is 0 Å². The fourth-order valence-electron chi connectivity index (χ4n) is 1.82. The van der Waals surface area contributed by atoms with Gasteiger partial charge in [-0.3, -0.25) is 0 Å². The maximum atomic E-state index is 6.20. The van der Waals surface area contributed by atoms with Gasteiger partial charge in [-0.25, -0.2) is 4.98 Å². The molecular formula is C15H9BrClNS. The normalized spacial score (nSPS) is 10.6. The van der Waals surface area contributed by atoms with Gasteiger partial charge in [0.2, 0.25) is 0 Å². The summed E-state index contributed by atoms with van der Waals surface area (Å²) < 4.78 is 1.05. The highest BCUT2D eigenvalue weighted by Crippen LogP contribution is 2.35. The fourth-order valence-corrected chi connectivity index (χ4v) is 3.45. The third-order valence-electron chi connectivity index (χ3n) is 2.76. The van der Waals surface area contributed by atoms with E-state index in [4.69, 9.17) is 11.6 Å². The number of aromatic nitrogens is 1. The summed E-state index contributed by atoms with van der Waals surface area (Å²) in [5.74, 6) is 0. The highest BCUT2D eigenvalue weighted by molar-refractivity contribution is 9.10. The quantitative estimate of drug-likeness (QED) is 0.561. The summed E-state index contributed by atoms with van der Waals surface area (Å²) in [7, 11) is 0. The molecule has 1 nitrogen and oxygen atoms in total. The summed E-state index contributed by atoms with van der Waals surface area (Å²) in [6.07, 6.45) is 0. The first kappa shape index (κ1) is 12.9. The summed E-state index contributed by atoms with van der Waals surface area (Å²) in [6, 6.07) is 15.8. The van der Waals surface area contributed by atoms with E-state index in [2.05, 4.69) is 32.4 Å². The van der Waals surface area contributed by atoms with Gasteiger partial charge in [-0.15, -0.1) is 11.3 Å². The first-order valence-electron chi connectivity index (χ1n) is 5.71. The fraction of sp³-hybridized carbons (Fsp3) is 0. The van der Waals surface area contributed by atoms with Gasteiger partial charge in [0.1, 0.15) is 5.01 Å². The van der Waals surface area contributed by atoms with Crippen LogP contribution in [0.4, 0.5) is 0 Å². The molecule has 0 saturated carbocycles. The van der Waals surface area contributed by atoms with Crippen molar-refractivity contribution in [1.29, 1.82) is 0 Å². The second-order valence-corrected chi connectivity index (χ2v) is 6.12. The second-order valence-electron chi connectivity index (χ2n) is 4.00. The van der Waals surface area contributed by atoms with Crippen molar-refractivity contribution in [1.82, 2.24) is 4.98 Å². The van der Waals surface area contributed by atoms with E-state index in [1.54, 1.807) is 11.3 Å². The van der Waals surface area contributed by atoms with Gasteiger partial charge in [0.15, 0.2) is 0 Å². The van der Waals surface area contributed by atoms with Crippen LogP contribution in [0.15, 0.2) is 58.4 Å². The lowest BCUT2D eigenvalue weighted by Crippen LogP contribution is -1.81. The molecule has 94 valence electrons. The molecule has 0 aliphatic carbocycles. The lowest BCUT2D eigenvalue weighted by molar-refractivity contribution is 1.39. The number of nitrogens with zero attached hydrogens (tertiary/aromatic N) is 1. The summed E-state index contributed by atoms with van der Waals surface area (Å²) in [5, 5.41) is 3.73. The molecule has 2 aromatic carbocycles. The standard InChI is InChI=1S/C15H9BrClNS/c16-12-7-3-1-5-10(12)14-9-19-15(18-14)11-6-2-4-8-13(11)17/h1-9H. The molecule has 0 amide bonds. The van der Waals surface area contributed by atoms with E-state index in [0.717, 1.165) is 31.3 Å². The van der Waals surface area contributed by atoms with E-state index in [9.17, 15) is 0 Å². The van der Waals surface area contributed by atoms with Crippen molar-refractivity contribution < 1.29 is 0 Å². The number of hydrogen-bond donors (Lipinski definition) is 0. The molecule has 0 atom stereocenters. The summed E-state index contributed by atoms with van der Waals surface area (Å²) >= 11 is 11.4. The number of thiazole rings is 1. The second kappa shape index (κ2) is 5.45. The Kier molecular flexibility index (Phi) is 3.69. The Morgan fingerprint density at radius 2 is 1.63 bits per heavy atom. The predicted molar refractivity (Wildman–Crippen MR) is 85.7 cm³/mol. The van der Waals surface area contributed by atoms with Crippen LogP contribution >= 0.6 is 38.9 Å². The van der Waals surface area contributed by atoms with Crippen LogP contribution in [0.25, 0.3) is 21.8 Å². The van der Waals surface area contributed by atoms with Gasteiger partial charge in [-0.05, 0) is 12.1 Å². The number of benzene rings is 2. The van der Waals surface area contributed by atoms with Crippen molar-refractivity contribution in [2.75, 3.05) is 0 Å². The summed E-state index contributed by atoms with van der Waals surface area (Å²) in [5.41, 5.74) is 3.04. The molecule has 4 heteroatoms. The first-order valence-corrected chi connectivity index (χ1v) is 7.76. The molecule has 0 radical (unpaired) electrons. The maximum absolute atomic E-state index is 6.20. The molecule has 0 bridgehead atoms. The molecule has 1 heterocycles. The van der Waals surface area contributed by atoms with Crippen LogP contribution < -0.4 is 0 Å². The summed E-state index contributed by atoms with van der Waals surface area (Å²) in [6.45, 7) is 0. The highest BCUT2D eigenvalue weighted by atomic mass is 79.9. The van der Waals surface area contributed by atoms with Crippen LogP contribution in [0.2, 0.25) is 5.02 Å². The number of rotatable bonds is 2. The van der Waals surface area contributed by atoms with Gasteiger partial charge < -0.3 is 0 Å². The van der Waals surface area contributed by atoms with Crippen LogP contribution in [0.1, 0.15) is 0 Å².